The number of amides is 2. The second kappa shape index (κ2) is 8.41. The van der Waals surface area contributed by atoms with E-state index in [4.69, 9.17) is 21.3 Å². The van der Waals surface area contributed by atoms with Gasteiger partial charge in [-0.2, -0.15) is 0 Å². The third kappa shape index (κ3) is 4.16. The van der Waals surface area contributed by atoms with Crippen LogP contribution in [0.2, 0.25) is 5.02 Å². The first-order valence-electron chi connectivity index (χ1n) is 10.9. The maximum atomic E-state index is 14.2. The Morgan fingerprint density at radius 3 is 2.90 bits per heavy atom. The molecule has 0 bridgehead atoms. The molecule has 0 aliphatic carbocycles. The van der Waals surface area contributed by atoms with Gasteiger partial charge in [-0.1, -0.05) is 18.5 Å². The lowest BCUT2D eigenvalue weighted by atomic mass is 9.96. The maximum absolute atomic E-state index is 14.2. The maximum Gasteiger partial charge on any atom is 0.329 e. The SMILES string of the molecule is CC1CN(Cc2cc(Cl)ccc2F)CC1C1=NC2=CN(C3CCOCC3)CN2C(=O)N1. The summed E-state index contributed by atoms with van der Waals surface area (Å²) in [6, 6.07) is 4.91. The zero-order valence-electron chi connectivity index (χ0n) is 17.6. The number of carbonyl (C=O) groups is 1. The normalized spacial score (nSPS) is 27.3. The molecule has 5 rings (SSSR count). The summed E-state index contributed by atoms with van der Waals surface area (Å²) >= 11 is 6.04. The quantitative estimate of drug-likeness (QED) is 0.769. The lowest BCUT2D eigenvalue weighted by Gasteiger charge is -2.32. The zero-order chi connectivity index (χ0) is 21.5. The van der Waals surface area contributed by atoms with Gasteiger partial charge in [-0.05, 0) is 37.0 Å². The molecule has 9 heteroatoms. The van der Waals surface area contributed by atoms with Gasteiger partial charge in [0.15, 0.2) is 5.82 Å². The minimum absolute atomic E-state index is 0.0892. The highest BCUT2D eigenvalue weighted by atomic mass is 35.5. The van der Waals surface area contributed by atoms with Gasteiger partial charge in [-0.15, -0.1) is 0 Å². The summed E-state index contributed by atoms with van der Waals surface area (Å²) < 4.78 is 19.6. The summed E-state index contributed by atoms with van der Waals surface area (Å²) in [7, 11) is 0. The first-order valence-corrected chi connectivity index (χ1v) is 11.2. The van der Waals surface area contributed by atoms with E-state index in [1.165, 1.54) is 6.07 Å². The summed E-state index contributed by atoms with van der Waals surface area (Å²) in [4.78, 5) is 23.7. The highest BCUT2D eigenvalue weighted by molar-refractivity contribution is 6.30. The van der Waals surface area contributed by atoms with Gasteiger partial charge in [0, 0.05) is 61.6 Å². The van der Waals surface area contributed by atoms with E-state index in [1.807, 2.05) is 6.20 Å². The summed E-state index contributed by atoms with van der Waals surface area (Å²) in [6.07, 6.45) is 3.93. The topological polar surface area (TPSA) is 60.4 Å². The fourth-order valence-electron chi connectivity index (χ4n) is 4.95. The summed E-state index contributed by atoms with van der Waals surface area (Å²) in [6.45, 7) is 6.20. The van der Waals surface area contributed by atoms with Crippen LogP contribution in [-0.4, -0.2) is 65.6 Å². The molecule has 1 aromatic rings. The van der Waals surface area contributed by atoms with Crippen LogP contribution >= 0.6 is 11.6 Å². The van der Waals surface area contributed by atoms with Gasteiger partial charge in [-0.3, -0.25) is 15.1 Å². The number of nitrogens with one attached hydrogen (secondary N) is 1. The monoisotopic (exact) mass is 447 g/mol. The van der Waals surface area contributed by atoms with E-state index in [2.05, 4.69) is 22.0 Å². The van der Waals surface area contributed by atoms with Crippen molar-refractivity contribution in [2.45, 2.75) is 32.4 Å². The van der Waals surface area contributed by atoms with Crippen molar-refractivity contribution in [3.63, 3.8) is 0 Å². The lowest BCUT2D eigenvalue weighted by Crippen LogP contribution is -2.50. The number of benzene rings is 1. The third-order valence-electron chi connectivity index (χ3n) is 6.68. The number of carbonyl (C=O) groups excluding carboxylic acids is 1. The fourth-order valence-corrected chi connectivity index (χ4v) is 5.15. The molecule has 0 aromatic heterocycles. The van der Waals surface area contributed by atoms with Crippen molar-refractivity contribution in [2.75, 3.05) is 33.0 Å². The van der Waals surface area contributed by atoms with Gasteiger partial charge in [0.1, 0.15) is 18.3 Å². The van der Waals surface area contributed by atoms with E-state index in [9.17, 15) is 9.18 Å². The van der Waals surface area contributed by atoms with Crippen LogP contribution in [-0.2, 0) is 11.3 Å². The second-order valence-corrected chi connectivity index (χ2v) is 9.29. The molecule has 7 nitrogen and oxygen atoms in total. The van der Waals surface area contributed by atoms with Gasteiger partial charge in [0.2, 0.25) is 0 Å². The number of fused-ring (bicyclic) bond motifs is 1. The Morgan fingerprint density at radius 1 is 1.29 bits per heavy atom. The van der Waals surface area contributed by atoms with Crippen molar-refractivity contribution in [2.24, 2.45) is 16.8 Å². The molecule has 0 saturated carbocycles. The van der Waals surface area contributed by atoms with Crippen LogP contribution < -0.4 is 5.32 Å². The number of amidine groups is 1. The molecule has 31 heavy (non-hydrogen) atoms. The van der Waals surface area contributed by atoms with Crippen LogP contribution in [0.25, 0.3) is 0 Å². The predicted molar refractivity (Wildman–Crippen MR) is 116 cm³/mol. The number of aliphatic imine (C=N–C) groups is 1. The van der Waals surface area contributed by atoms with Crippen molar-refractivity contribution >= 4 is 23.5 Å². The summed E-state index contributed by atoms with van der Waals surface area (Å²) in [5, 5.41) is 3.55. The Bertz CT molecular complexity index is 932. The molecule has 2 amide bonds. The Kier molecular flexibility index (Phi) is 5.62. The number of hydrogen-bond donors (Lipinski definition) is 1. The van der Waals surface area contributed by atoms with E-state index in [0.29, 0.717) is 54.0 Å². The van der Waals surface area contributed by atoms with Gasteiger partial charge < -0.3 is 9.64 Å². The summed E-state index contributed by atoms with van der Waals surface area (Å²) in [5.74, 6) is 1.55. The predicted octanol–water partition coefficient (Wildman–Crippen LogP) is 3.22. The summed E-state index contributed by atoms with van der Waals surface area (Å²) in [5.41, 5.74) is 0.590. The van der Waals surface area contributed by atoms with Crippen molar-refractivity contribution in [1.29, 1.82) is 0 Å². The molecule has 2 saturated heterocycles. The van der Waals surface area contributed by atoms with Crippen LogP contribution in [0.1, 0.15) is 25.3 Å². The van der Waals surface area contributed by atoms with E-state index in [-0.39, 0.29) is 17.8 Å². The highest BCUT2D eigenvalue weighted by Gasteiger charge is 2.40. The van der Waals surface area contributed by atoms with Crippen molar-refractivity contribution < 1.29 is 13.9 Å². The molecule has 1 aromatic carbocycles. The van der Waals surface area contributed by atoms with Gasteiger partial charge in [-0.25, -0.2) is 14.2 Å². The molecule has 2 unspecified atom stereocenters. The Balaban J connectivity index is 1.30. The number of halogens is 2. The minimum Gasteiger partial charge on any atom is -0.381 e. The van der Waals surface area contributed by atoms with Gasteiger partial charge in [0.05, 0.1) is 0 Å². The van der Waals surface area contributed by atoms with Gasteiger partial charge in [0.25, 0.3) is 0 Å². The first-order chi connectivity index (χ1) is 15.0. The first kappa shape index (κ1) is 20.7. The van der Waals surface area contributed by atoms with E-state index in [0.717, 1.165) is 32.6 Å². The molecular formula is C22H27ClFN5O2. The zero-order valence-corrected chi connectivity index (χ0v) is 18.3. The number of rotatable bonds is 4. The lowest BCUT2D eigenvalue weighted by molar-refractivity contribution is 0.0459. The number of nitrogens with zero attached hydrogens (tertiary/aromatic N) is 4. The molecule has 4 aliphatic heterocycles. The van der Waals surface area contributed by atoms with Crippen molar-refractivity contribution in [1.82, 2.24) is 20.0 Å². The highest BCUT2D eigenvalue weighted by Crippen LogP contribution is 2.31. The van der Waals surface area contributed by atoms with Crippen LogP contribution in [0.4, 0.5) is 9.18 Å². The molecular weight excluding hydrogens is 421 g/mol. The number of hydrogen-bond acceptors (Lipinski definition) is 5. The molecule has 1 N–H and O–H groups in total. The average Bonchev–Trinajstić information content (AvgIpc) is 3.35. The Labute approximate surface area is 186 Å². The van der Waals surface area contributed by atoms with Crippen LogP contribution in [0.5, 0.6) is 0 Å². The van der Waals surface area contributed by atoms with E-state index >= 15 is 0 Å². The smallest absolute Gasteiger partial charge is 0.329 e. The largest absolute Gasteiger partial charge is 0.381 e. The fraction of sp³-hybridized carbons (Fsp3) is 0.545. The average molecular weight is 448 g/mol. The molecule has 4 heterocycles. The number of ether oxygens (including phenoxy) is 1. The minimum atomic E-state index is -0.247. The molecule has 2 atom stereocenters. The van der Waals surface area contributed by atoms with Crippen molar-refractivity contribution in [3.8, 4) is 0 Å². The van der Waals surface area contributed by atoms with Crippen LogP contribution in [0.15, 0.2) is 35.2 Å². The molecule has 166 valence electrons. The number of urea groups is 1. The second-order valence-electron chi connectivity index (χ2n) is 8.86. The number of likely N-dealkylation sites (tertiary alicyclic amines) is 1. The third-order valence-corrected chi connectivity index (χ3v) is 6.91. The molecule has 0 radical (unpaired) electrons. The molecule has 2 fully saturated rings. The standard InChI is InChI=1S/C22H27ClFN5O2/c1-14-9-27(10-15-8-16(23)2-3-19(15)24)11-18(14)21-25-20-12-28(13-29(20)22(30)26-21)17-4-6-31-7-5-17/h2-3,8,12,14,17-18H,4-7,9-11,13H2,1H3,(H,25,26,30). The molecule has 4 aliphatic rings. The van der Waals surface area contributed by atoms with E-state index in [1.54, 1.807) is 17.0 Å². The van der Waals surface area contributed by atoms with Gasteiger partial charge >= 0.3 is 6.03 Å². The van der Waals surface area contributed by atoms with Crippen LogP contribution in [0.3, 0.4) is 0 Å². The van der Waals surface area contributed by atoms with E-state index < -0.39 is 0 Å². The Hall–Kier alpha value is -2.16. The van der Waals surface area contributed by atoms with Crippen LogP contribution in [0, 0.1) is 17.7 Å². The molecule has 0 spiro atoms. The van der Waals surface area contributed by atoms with Crippen molar-refractivity contribution in [3.05, 3.63) is 46.6 Å². The Morgan fingerprint density at radius 2 is 2.10 bits per heavy atom.